The van der Waals surface area contributed by atoms with Crippen LogP contribution < -0.4 is 10.6 Å². The van der Waals surface area contributed by atoms with Crippen LogP contribution in [0.4, 0.5) is 0 Å². The maximum absolute atomic E-state index is 14.6. The Balaban J connectivity index is 1.36. The number of piperazine rings is 1. The highest BCUT2D eigenvalue weighted by molar-refractivity contribution is 5.97. The van der Waals surface area contributed by atoms with Crippen LogP contribution in [-0.2, 0) is 32.0 Å². The van der Waals surface area contributed by atoms with Gasteiger partial charge in [-0.2, -0.15) is 0 Å². The Morgan fingerprint density at radius 3 is 2.40 bits per heavy atom. The Hall–Kier alpha value is -4.24. The van der Waals surface area contributed by atoms with E-state index < -0.39 is 29.7 Å². The van der Waals surface area contributed by atoms with E-state index in [1.165, 1.54) is 11.1 Å². The van der Waals surface area contributed by atoms with E-state index in [1.807, 2.05) is 49.9 Å². The van der Waals surface area contributed by atoms with Crippen molar-refractivity contribution in [3.8, 4) is 0 Å². The first-order valence-electron chi connectivity index (χ1n) is 16.8. The van der Waals surface area contributed by atoms with Gasteiger partial charge in [0.2, 0.25) is 23.6 Å². The molecule has 4 amide bonds. The lowest BCUT2D eigenvalue weighted by atomic mass is 9.80. The van der Waals surface area contributed by atoms with Gasteiger partial charge in [0.25, 0.3) is 0 Å². The van der Waals surface area contributed by atoms with E-state index in [4.69, 9.17) is 0 Å². The zero-order valence-corrected chi connectivity index (χ0v) is 28.3. The van der Waals surface area contributed by atoms with Crippen molar-refractivity contribution in [3.05, 3.63) is 83.4 Å². The smallest absolute Gasteiger partial charge is 0.247 e. The fraction of sp³-hybridized carbons (Fsp3) is 0.474. The molecule has 0 spiro atoms. The van der Waals surface area contributed by atoms with Crippen molar-refractivity contribution in [3.63, 3.8) is 0 Å². The number of amides is 4. The standard InChI is InChI=1S/C38H47N5O4/c1-23-17-29(20-28-13-9-10-14-30(23)28)41-21-32-42(37(47)34(38(3,4)5)40-35(45)24(2)39-6)22-33(44)43(32)31(36(41)46)19-25-15-16-26-11-7-8-12-27(26)18-25/h7-16,18,23-24,29,31-32,34,39H,17,19-22H2,1-6H3,(H,40,45). The van der Waals surface area contributed by atoms with Crippen molar-refractivity contribution in [1.82, 2.24) is 25.3 Å². The summed E-state index contributed by atoms with van der Waals surface area (Å²) in [4.78, 5) is 61.1. The van der Waals surface area contributed by atoms with Crippen LogP contribution in [0.2, 0.25) is 0 Å². The van der Waals surface area contributed by atoms with Crippen LogP contribution in [0.25, 0.3) is 10.8 Å². The zero-order chi connectivity index (χ0) is 33.6. The summed E-state index contributed by atoms with van der Waals surface area (Å²) in [6.45, 7) is 9.79. The average molecular weight is 638 g/mol. The van der Waals surface area contributed by atoms with Gasteiger partial charge in [-0.1, -0.05) is 94.4 Å². The lowest BCUT2D eigenvalue weighted by Crippen LogP contribution is -2.68. The average Bonchev–Trinajstić information content (AvgIpc) is 3.38. The molecular formula is C38H47N5O4. The highest BCUT2D eigenvalue weighted by Gasteiger charge is 2.54. The van der Waals surface area contributed by atoms with Crippen LogP contribution in [0.15, 0.2) is 66.7 Å². The maximum atomic E-state index is 14.6. The number of fused-ring (bicyclic) bond motifs is 3. The Kier molecular flexibility index (Phi) is 8.87. The number of carbonyl (C=O) groups is 4. The number of rotatable bonds is 7. The van der Waals surface area contributed by atoms with Crippen LogP contribution in [0.3, 0.4) is 0 Å². The molecular weight excluding hydrogens is 590 g/mol. The summed E-state index contributed by atoms with van der Waals surface area (Å²) < 4.78 is 0. The third-order valence-corrected chi connectivity index (χ3v) is 10.4. The minimum atomic E-state index is -0.856. The number of carbonyl (C=O) groups excluding carboxylic acids is 4. The van der Waals surface area contributed by atoms with E-state index >= 15 is 0 Å². The molecule has 6 rings (SSSR count). The van der Waals surface area contributed by atoms with Gasteiger partial charge in [0.1, 0.15) is 24.8 Å². The van der Waals surface area contributed by atoms with E-state index in [1.54, 1.807) is 23.8 Å². The predicted molar refractivity (Wildman–Crippen MR) is 182 cm³/mol. The molecule has 2 N–H and O–H groups in total. The first kappa shape index (κ1) is 32.7. The van der Waals surface area contributed by atoms with Crippen molar-refractivity contribution in [2.75, 3.05) is 20.1 Å². The molecule has 9 heteroatoms. The number of hydrogen-bond donors (Lipinski definition) is 2. The lowest BCUT2D eigenvalue weighted by Gasteiger charge is -2.49. The van der Waals surface area contributed by atoms with Crippen molar-refractivity contribution < 1.29 is 19.2 Å². The molecule has 47 heavy (non-hydrogen) atoms. The van der Waals surface area contributed by atoms with Gasteiger partial charge >= 0.3 is 0 Å². The molecule has 0 bridgehead atoms. The molecule has 0 saturated carbocycles. The molecule has 9 nitrogen and oxygen atoms in total. The first-order valence-corrected chi connectivity index (χ1v) is 16.8. The van der Waals surface area contributed by atoms with E-state index in [0.29, 0.717) is 6.42 Å². The van der Waals surface area contributed by atoms with Crippen LogP contribution >= 0.6 is 0 Å². The van der Waals surface area contributed by atoms with Crippen LogP contribution in [0.1, 0.15) is 63.6 Å². The van der Waals surface area contributed by atoms with Gasteiger partial charge in [0.15, 0.2) is 0 Å². The second-order valence-corrected chi connectivity index (χ2v) is 14.7. The molecule has 6 atom stereocenters. The summed E-state index contributed by atoms with van der Waals surface area (Å²) in [6, 6.07) is 20.5. The SMILES string of the molecule is CNC(C)C(=O)NC(C(=O)N1CC(=O)N2C(Cc3ccc4ccccc4c3)C(=O)N(C3Cc4ccccc4C(C)C3)CC12)C(C)(C)C. The molecule has 0 aromatic heterocycles. The van der Waals surface area contributed by atoms with Gasteiger partial charge in [-0.25, -0.2) is 0 Å². The van der Waals surface area contributed by atoms with Gasteiger partial charge < -0.3 is 25.3 Å². The number of likely N-dealkylation sites (N-methyl/N-ethyl adjacent to an activating group) is 1. The van der Waals surface area contributed by atoms with Crippen molar-refractivity contribution in [2.45, 2.75) is 90.1 Å². The summed E-state index contributed by atoms with van der Waals surface area (Å²) in [5.74, 6) is -0.639. The Morgan fingerprint density at radius 1 is 0.979 bits per heavy atom. The number of hydrogen-bond acceptors (Lipinski definition) is 5. The predicted octanol–water partition coefficient (Wildman–Crippen LogP) is 3.85. The van der Waals surface area contributed by atoms with Gasteiger partial charge in [0, 0.05) is 12.5 Å². The maximum Gasteiger partial charge on any atom is 0.247 e. The minimum absolute atomic E-state index is 0.0594. The zero-order valence-electron chi connectivity index (χ0n) is 28.3. The molecule has 3 aliphatic rings. The molecule has 2 aliphatic heterocycles. The molecule has 6 unspecified atom stereocenters. The number of nitrogens with one attached hydrogen (secondary N) is 2. The van der Waals surface area contributed by atoms with Crippen LogP contribution in [0, 0.1) is 5.41 Å². The van der Waals surface area contributed by atoms with E-state index in [0.717, 1.165) is 29.2 Å². The van der Waals surface area contributed by atoms with Crippen LogP contribution in [0.5, 0.6) is 0 Å². The van der Waals surface area contributed by atoms with Gasteiger partial charge in [-0.05, 0) is 65.6 Å². The van der Waals surface area contributed by atoms with Crippen molar-refractivity contribution >= 4 is 34.4 Å². The highest BCUT2D eigenvalue weighted by Crippen LogP contribution is 2.37. The quantitative estimate of drug-likeness (QED) is 0.410. The van der Waals surface area contributed by atoms with Crippen molar-refractivity contribution in [2.24, 2.45) is 5.41 Å². The van der Waals surface area contributed by atoms with Gasteiger partial charge in [-0.3, -0.25) is 19.2 Å². The summed E-state index contributed by atoms with van der Waals surface area (Å²) in [7, 11) is 1.70. The van der Waals surface area contributed by atoms with Crippen LogP contribution in [-0.4, -0.2) is 88.8 Å². The van der Waals surface area contributed by atoms with E-state index in [9.17, 15) is 19.2 Å². The van der Waals surface area contributed by atoms with Gasteiger partial charge in [0.05, 0.1) is 12.6 Å². The highest BCUT2D eigenvalue weighted by atomic mass is 16.2. The molecule has 1 aliphatic carbocycles. The summed E-state index contributed by atoms with van der Waals surface area (Å²) in [5.41, 5.74) is 2.90. The molecule has 2 heterocycles. The summed E-state index contributed by atoms with van der Waals surface area (Å²) >= 11 is 0. The second kappa shape index (κ2) is 12.8. The third kappa shape index (κ3) is 6.25. The first-order chi connectivity index (χ1) is 22.4. The normalized spacial score (nSPS) is 24.2. The summed E-state index contributed by atoms with van der Waals surface area (Å²) in [6.07, 6.45) is 1.26. The Bertz CT molecular complexity index is 1700. The van der Waals surface area contributed by atoms with Gasteiger partial charge in [-0.15, -0.1) is 0 Å². The molecule has 2 fully saturated rings. The lowest BCUT2D eigenvalue weighted by molar-refractivity contribution is -0.159. The Labute approximate surface area is 277 Å². The molecule has 3 aromatic rings. The Morgan fingerprint density at radius 2 is 1.68 bits per heavy atom. The monoisotopic (exact) mass is 637 g/mol. The molecule has 2 saturated heterocycles. The van der Waals surface area contributed by atoms with Crippen molar-refractivity contribution in [1.29, 1.82) is 0 Å². The van der Waals surface area contributed by atoms with E-state index in [-0.39, 0.29) is 48.7 Å². The molecule has 248 valence electrons. The largest absolute Gasteiger partial charge is 0.342 e. The second-order valence-electron chi connectivity index (χ2n) is 14.7. The molecule has 0 radical (unpaired) electrons. The number of benzene rings is 3. The summed E-state index contributed by atoms with van der Waals surface area (Å²) in [5, 5.41) is 8.08. The van der Waals surface area contributed by atoms with E-state index in [2.05, 4.69) is 60.0 Å². The fourth-order valence-corrected chi connectivity index (χ4v) is 7.65. The number of nitrogens with zero attached hydrogens (tertiary/aromatic N) is 3. The third-order valence-electron chi connectivity index (χ3n) is 10.4. The fourth-order valence-electron chi connectivity index (χ4n) is 7.65. The topological polar surface area (TPSA) is 102 Å². The minimum Gasteiger partial charge on any atom is -0.342 e. The molecule has 3 aromatic carbocycles.